The van der Waals surface area contributed by atoms with Crippen molar-refractivity contribution in [2.75, 3.05) is 10.6 Å². The van der Waals surface area contributed by atoms with Gasteiger partial charge >= 0.3 is 6.03 Å². The largest absolute Gasteiger partial charge is 0.324 e. The molecule has 0 saturated carbocycles. The SMILES string of the molecule is CC1CC(=O)NC(n2nc(-c3ccccc3)cc2NC(=O)Nc2cccc(Cl)c2)N1. The molecule has 154 valence electrons. The smallest absolute Gasteiger partial charge is 0.322 e. The summed E-state index contributed by atoms with van der Waals surface area (Å²) in [6, 6.07) is 17.8. The highest BCUT2D eigenvalue weighted by molar-refractivity contribution is 6.30. The Morgan fingerprint density at radius 3 is 2.67 bits per heavy atom. The number of anilines is 2. The van der Waals surface area contributed by atoms with E-state index in [0.29, 0.717) is 28.6 Å². The third-order valence-electron chi connectivity index (χ3n) is 4.61. The average Bonchev–Trinajstić information content (AvgIpc) is 3.11. The van der Waals surface area contributed by atoms with Crippen LogP contribution in [0.15, 0.2) is 60.7 Å². The summed E-state index contributed by atoms with van der Waals surface area (Å²) in [5.74, 6) is 0.345. The van der Waals surface area contributed by atoms with Gasteiger partial charge in [0.1, 0.15) is 5.82 Å². The van der Waals surface area contributed by atoms with Gasteiger partial charge in [-0.15, -0.1) is 0 Å². The second-order valence-corrected chi connectivity index (χ2v) is 7.49. The molecule has 0 spiro atoms. The minimum Gasteiger partial charge on any atom is -0.322 e. The fourth-order valence-corrected chi connectivity index (χ4v) is 3.46. The van der Waals surface area contributed by atoms with Crippen molar-refractivity contribution in [1.82, 2.24) is 20.4 Å². The molecule has 4 N–H and O–H groups in total. The molecule has 1 saturated heterocycles. The van der Waals surface area contributed by atoms with E-state index < -0.39 is 12.3 Å². The second-order valence-electron chi connectivity index (χ2n) is 7.06. The molecule has 8 nitrogen and oxygen atoms in total. The summed E-state index contributed by atoms with van der Waals surface area (Å²) in [5.41, 5.74) is 2.12. The molecule has 1 aliphatic rings. The van der Waals surface area contributed by atoms with Crippen LogP contribution in [0, 0.1) is 0 Å². The Labute approximate surface area is 178 Å². The lowest BCUT2D eigenvalue weighted by atomic mass is 10.2. The van der Waals surface area contributed by atoms with Crippen molar-refractivity contribution in [3.05, 3.63) is 65.7 Å². The Morgan fingerprint density at radius 1 is 1.13 bits per heavy atom. The highest BCUT2D eigenvalue weighted by atomic mass is 35.5. The second kappa shape index (κ2) is 8.56. The van der Waals surface area contributed by atoms with Gasteiger partial charge < -0.3 is 10.6 Å². The zero-order valence-electron chi connectivity index (χ0n) is 16.2. The summed E-state index contributed by atoms with van der Waals surface area (Å²) in [4.78, 5) is 24.6. The van der Waals surface area contributed by atoms with Crippen LogP contribution in [0.4, 0.5) is 16.3 Å². The molecule has 0 aliphatic carbocycles. The number of carbonyl (C=O) groups is 2. The molecule has 9 heteroatoms. The van der Waals surface area contributed by atoms with Crippen molar-refractivity contribution in [2.45, 2.75) is 25.7 Å². The van der Waals surface area contributed by atoms with E-state index in [9.17, 15) is 9.59 Å². The molecule has 3 aromatic rings. The molecular formula is C21H21ClN6O2. The number of nitrogens with zero attached hydrogens (tertiary/aromatic N) is 2. The van der Waals surface area contributed by atoms with Crippen LogP contribution in [-0.4, -0.2) is 27.8 Å². The van der Waals surface area contributed by atoms with Gasteiger partial charge in [0.2, 0.25) is 5.91 Å². The fraction of sp³-hybridized carbons (Fsp3) is 0.190. The van der Waals surface area contributed by atoms with E-state index in [4.69, 9.17) is 11.6 Å². The minimum atomic E-state index is -0.583. The highest BCUT2D eigenvalue weighted by Crippen LogP contribution is 2.25. The number of hydrogen-bond acceptors (Lipinski definition) is 4. The Balaban J connectivity index is 1.62. The Bertz CT molecular complexity index is 1070. The molecule has 0 bridgehead atoms. The van der Waals surface area contributed by atoms with Gasteiger partial charge in [-0.2, -0.15) is 5.10 Å². The van der Waals surface area contributed by atoms with Crippen LogP contribution in [0.3, 0.4) is 0 Å². The topological polar surface area (TPSA) is 100 Å². The van der Waals surface area contributed by atoms with Crippen LogP contribution in [-0.2, 0) is 4.79 Å². The van der Waals surface area contributed by atoms with E-state index in [2.05, 4.69) is 26.4 Å². The quantitative estimate of drug-likeness (QED) is 0.511. The lowest BCUT2D eigenvalue weighted by Crippen LogP contribution is -2.52. The first-order chi connectivity index (χ1) is 14.5. The lowest BCUT2D eigenvalue weighted by Gasteiger charge is -2.30. The standard InChI is InChI=1S/C21H21ClN6O2/c1-13-10-19(29)26-20(23-13)28-18(12-17(27-28)14-6-3-2-4-7-14)25-21(30)24-16-9-5-8-15(22)11-16/h2-9,11-13,20,23H,10H2,1H3,(H,26,29)(H2,24,25,30). The molecule has 3 amide bonds. The number of benzene rings is 2. The van der Waals surface area contributed by atoms with Gasteiger partial charge in [0.05, 0.1) is 5.69 Å². The molecule has 1 aliphatic heterocycles. The lowest BCUT2D eigenvalue weighted by molar-refractivity contribution is -0.125. The van der Waals surface area contributed by atoms with E-state index in [1.165, 1.54) is 0 Å². The number of amides is 3. The van der Waals surface area contributed by atoms with Crippen molar-refractivity contribution in [2.24, 2.45) is 0 Å². The predicted molar refractivity (Wildman–Crippen MR) is 116 cm³/mol. The maximum atomic E-state index is 12.6. The molecule has 4 rings (SSSR count). The average molecular weight is 425 g/mol. The van der Waals surface area contributed by atoms with Crippen molar-refractivity contribution in [3.8, 4) is 11.3 Å². The van der Waals surface area contributed by atoms with E-state index >= 15 is 0 Å². The van der Waals surface area contributed by atoms with Crippen molar-refractivity contribution < 1.29 is 9.59 Å². The summed E-state index contributed by atoms with van der Waals surface area (Å²) < 4.78 is 1.56. The molecule has 2 atom stereocenters. The first-order valence-electron chi connectivity index (χ1n) is 9.52. The van der Waals surface area contributed by atoms with E-state index in [1.54, 1.807) is 35.0 Å². The van der Waals surface area contributed by atoms with Crippen LogP contribution < -0.4 is 21.3 Å². The Kier molecular flexibility index (Phi) is 5.69. The number of halogens is 1. The number of aromatic nitrogens is 2. The van der Waals surface area contributed by atoms with Crippen LogP contribution in [0.25, 0.3) is 11.3 Å². The molecule has 1 aromatic heterocycles. The molecule has 0 radical (unpaired) electrons. The van der Waals surface area contributed by atoms with Gasteiger partial charge in [-0.25, -0.2) is 9.48 Å². The summed E-state index contributed by atoms with van der Waals surface area (Å²) in [6.07, 6.45) is -0.207. The number of rotatable bonds is 4. The third kappa shape index (κ3) is 4.61. The number of carbonyl (C=O) groups excluding carboxylic acids is 2. The van der Waals surface area contributed by atoms with Gasteiger partial charge in [-0.05, 0) is 25.1 Å². The Morgan fingerprint density at radius 2 is 1.93 bits per heavy atom. The molecule has 2 aromatic carbocycles. The monoisotopic (exact) mass is 424 g/mol. The maximum Gasteiger partial charge on any atom is 0.324 e. The van der Waals surface area contributed by atoms with Gasteiger partial charge in [-0.1, -0.05) is 48.0 Å². The molecule has 2 unspecified atom stereocenters. The molecule has 2 heterocycles. The summed E-state index contributed by atoms with van der Waals surface area (Å²) in [5, 5.41) is 16.8. The first-order valence-corrected chi connectivity index (χ1v) is 9.90. The molecular weight excluding hydrogens is 404 g/mol. The van der Waals surface area contributed by atoms with Crippen LogP contribution in [0.5, 0.6) is 0 Å². The van der Waals surface area contributed by atoms with Crippen molar-refractivity contribution >= 4 is 35.0 Å². The maximum absolute atomic E-state index is 12.6. The highest BCUT2D eigenvalue weighted by Gasteiger charge is 2.27. The fourth-order valence-electron chi connectivity index (χ4n) is 3.27. The van der Waals surface area contributed by atoms with E-state index in [1.807, 2.05) is 37.3 Å². The predicted octanol–water partition coefficient (Wildman–Crippen LogP) is 3.80. The number of nitrogens with one attached hydrogen (secondary N) is 4. The Hall–Kier alpha value is -3.36. The van der Waals surface area contributed by atoms with Gasteiger partial charge in [0, 0.05) is 34.8 Å². The zero-order valence-corrected chi connectivity index (χ0v) is 17.0. The van der Waals surface area contributed by atoms with Crippen LogP contribution in [0.2, 0.25) is 5.02 Å². The zero-order chi connectivity index (χ0) is 21.1. The van der Waals surface area contributed by atoms with Crippen LogP contribution in [0.1, 0.15) is 19.6 Å². The summed E-state index contributed by atoms with van der Waals surface area (Å²) in [7, 11) is 0. The first kappa shape index (κ1) is 19.9. The van der Waals surface area contributed by atoms with E-state index in [-0.39, 0.29) is 11.9 Å². The van der Waals surface area contributed by atoms with Crippen molar-refractivity contribution in [1.29, 1.82) is 0 Å². The molecule has 1 fully saturated rings. The third-order valence-corrected chi connectivity index (χ3v) is 4.84. The van der Waals surface area contributed by atoms with Gasteiger partial charge in [0.15, 0.2) is 6.29 Å². The van der Waals surface area contributed by atoms with Crippen molar-refractivity contribution in [3.63, 3.8) is 0 Å². The normalized spacial score (nSPS) is 18.5. The minimum absolute atomic E-state index is 0.0266. The number of urea groups is 1. The van der Waals surface area contributed by atoms with Crippen LogP contribution >= 0.6 is 11.6 Å². The van der Waals surface area contributed by atoms with E-state index in [0.717, 1.165) is 5.56 Å². The van der Waals surface area contributed by atoms with Gasteiger partial charge in [0.25, 0.3) is 0 Å². The number of hydrogen-bond donors (Lipinski definition) is 4. The molecule has 30 heavy (non-hydrogen) atoms. The summed E-state index contributed by atoms with van der Waals surface area (Å²) in [6.45, 7) is 1.92. The summed E-state index contributed by atoms with van der Waals surface area (Å²) >= 11 is 5.98. The van der Waals surface area contributed by atoms with Gasteiger partial charge in [-0.3, -0.25) is 15.4 Å².